The molecule has 126 valence electrons. The van der Waals surface area contributed by atoms with Gasteiger partial charge >= 0.3 is 0 Å². The number of halogens is 3. The number of imidazole rings is 1. The number of nitrogens with zero attached hydrogens (tertiary/aromatic N) is 1. The number of ether oxygens (including phenoxy) is 1. The molecular weight excluding hydrogens is 397 g/mol. The Labute approximate surface area is 152 Å². The maximum atomic E-state index is 14.9. The first-order valence-electron chi connectivity index (χ1n) is 7.54. The minimum absolute atomic E-state index is 0.297. The van der Waals surface area contributed by atoms with E-state index in [9.17, 15) is 4.39 Å². The van der Waals surface area contributed by atoms with Gasteiger partial charge in [0.1, 0.15) is 5.52 Å². The molecule has 0 unspecified atom stereocenters. The third-order valence-electron chi connectivity index (χ3n) is 3.65. The normalized spacial score (nSPS) is 11.2. The molecule has 0 aliphatic carbocycles. The highest BCUT2D eigenvalue weighted by Gasteiger charge is 2.16. The zero-order chi connectivity index (χ0) is 17.1. The fourth-order valence-electron chi connectivity index (χ4n) is 2.48. The number of aromatic nitrogens is 2. The molecule has 0 amide bonds. The van der Waals surface area contributed by atoms with Crippen LogP contribution in [0.2, 0.25) is 5.02 Å². The van der Waals surface area contributed by atoms with Gasteiger partial charge in [-0.3, -0.25) is 0 Å². The summed E-state index contributed by atoms with van der Waals surface area (Å²) in [5, 5.41) is 3.61. The van der Waals surface area contributed by atoms with E-state index in [4.69, 9.17) is 16.3 Å². The number of hydrogen-bond donors (Lipinski definition) is 2. The SMILES string of the molecule is CCOCCc1cc2[nH]cnc2c(F)c1Nc1ccc(Br)cc1Cl. The lowest BCUT2D eigenvalue weighted by atomic mass is 10.1. The molecule has 0 aliphatic heterocycles. The van der Waals surface area contributed by atoms with Gasteiger partial charge in [-0.2, -0.15) is 0 Å². The van der Waals surface area contributed by atoms with E-state index in [1.165, 1.54) is 6.33 Å². The summed E-state index contributed by atoms with van der Waals surface area (Å²) in [5.74, 6) is -0.403. The molecule has 3 rings (SSSR count). The van der Waals surface area contributed by atoms with Crippen LogP contribution in [0.5, 0.6) is 0 Å². The molecule has 0 saturated carbocycles. The van der Waals surface area contributed by atoms with Crippen LogP contribution in [-0.4, -0.2) is 23.2 Å². The van der Waals surface area contributed by atoms with Gasteiger partial charge < -0.3 is 15.0 Å². The second-order valence-corrected chi connectivity index (χ2v) is 6.54. The Balaban J connectivity index is 2.02. The first-order valence-corrected chi connectivity index (χ1v) is 8.71. The lowest BCUT2D eigenvalue weighted by Gasteiger charge is -2.15. The number of aromatic amines is 1. The number of hydrogen-bond acceptors (Lipinski definition) is 3. The molecule has 1 aromatic heterocycles. The predicted molar refractivity (Wildman–Crippen MR) is 98.7 cm³/mol. The van der Waals surface area contributed by atoms with Gasteiger partial charge in [0.25, 0.3) is 0 Å². The topological polar surface area (TPSA) is 49.9 Å². The summed E-state index contributed by atoms with van der Waals surface area (Å²) >= 11 is 9.61. The van der Waals surface area contributed by atoms with E-state index in [0.29, 0.717) is 47.1 Å². The molecule has 2 aromatic carbocycles. The molecule has 3 aromatic rings. The number of rotatable bonds is 6. The first-order chi connectivity index (χ1) is 11.6. The second-order valence-electron chi connectivity index (χ2n) is 5.22. The minimum Gasteiger partial charge on any atom is -0.381 e. The summed E-state index contributed by atoms with van der Waals surface area (Å²) in [6, 6.07) is 7.29. The van der Waals surface area contributed by atoms with Gasteiger partial charge in [-0.1, -0.05) is 27.5 Å². The van der Waals surface area contributed by atoms with Gasteiger partial charge in [-0.25, -0.2) is 9.37 Å². The average molecular weight is 413 g/mol. The molecule has 4 nitrogen and oxygen atoms in total. The summed E-state index contributed by atoms with van der Waals surface area (Å²) in [7, 11) is 0. The van der Waals surface area contributed by atoms with Crippen LogP contribution < -0.4 is 5.32 Å². The van der Waals surface area contributed by atoms with Gasteiger partial charge in [0, 0.05) is 11.1 Å². The van der Waals surface area contributed by atoms with Gasteiger partial charge in [-0.05, 0) is 43.2 Å². The first kappa shape index (κ1) is 17.2. The monoisotopic (exact) mass is 411 g/mol. The Bertz CT molecular complexity index is 868. The van der Waals surface area contributed by atoms with Crippen molar-refractivity contribution in [2.45, 2.75) is 13.3 Å². The maximum absolute atomic E-state index is 14.9. The lowest BCUT2D eigenvalue weighted by molar-refractivity contribution is 0.151. The average Bonchev–Trinajstić information content (AvgIpc) is 3.01. The molecule has 0 spiro atoms. The molecule has 2 N–H and O–H groups in total. The molecule has 0 bridgehead atoms. The standard InChI is InChI=1S/C17H16BrClFN3O/c1-2-24-6-5-10-7-14-17(22-9-21-14)15(20)16(10)23-13-4-3-11(18)8-12(13)19/h3-4,7-9,23H,2,5-6H2,1H3,(H,21,22). The van der Waals surface area contributed by atoms with Crippen molar-refractivity contribution in [3.8, 4) is 0 Å². The number of H-pyrrole nitrogens is 1. The fourth-order valence-corrected chi connectivity index (χ4v) is 3.20. The van der Waals surface area contributed by atoms with Crippen molar-refractivity contribution < 1.29 is 9.13 Å². The largest absolute Gasteiger partial charge is 0.381 e. The molecular formula is C17H16BrClFN3O. The molecule has 1 heterocycles. The maximum Gasteiger partial charge on any atom is 0.174 e. The van der Waals surface area contributed by atoms with Crippen LogP contribution >= 0.6 is 27.5 Å². The van der Waals surface area contributed by atoms with E-state index in [1.807, 2.05) is 19.1 Å². The van der Waals surface area contributed by atoms with Gasteiger partial charge in [0.05, 0.1) is 34.8 Å². The van der Waals surface area contributed by atoms with Crippen molar-refractivity contribution in [3.05, 3.63) is 51.5 Å². The van der Waals surface area contributed by atoms with Crippen molar-refractivity contribution >= 4 is 49.9 Å². The Hall–Kier alpha value is -1.63. The molecule has 7 heteroatoms. The van der Waals surface area contributed by atoms with Crippen LogP contribution in [-0.2, 0) is 11.2 Å². The van der Waals surface area contributed by atoms with E-state index in [-0.39, 0.29) is 0 Å². The zero-order valence-corrected chi connectivity index (χ0v) is 15.3. The predicted octanol–water partition coefficient (Wildman–Crippen LogP) is 5.44. The highest BCUT2D eigenvalue weighted by molar-refractivity contribution is 9.10. The van der Waals surface area contributed by atoms with E-state index in [0.717, 1.165) is 10.0 Å². The lowest BCUT2D eigenvalue weighted by Crippen LogP contribution is -2.05. The van der Waals surface area contributed by atoms with E-state index >= 15 is 0 Å². The van der Waals surface area contributed by atoms with Crippen molar-refractivity contribution in [2.75, 3.05) is 18.5 Å². The van der Waals surface area contributed by atoms with Crippen LogP contribution in [0.4, 0.5) is 15.8 Å². The number of nitrogens with one attached hydrogen (secondary N) is 2. The smallest absolute Gasteiger partial charge is 0.174 e. The number of benzene rings is 2. The Morgan fingerprint density at radius 1 is 1.38 bits per heavy atom. The summed E-state index contributed by atoms with van der Waals surface area (Å²) in [6.07, 6.45) is 2.06. The van der Waals surface area contributed by atoms with E-state index < -0.39 is 5.82 Å². The van der Waals surface area contributed by atoms with Crippen LogP contribution in [0.25, 0.3) is 11.0 Å². The van der Waals surface area contributed by atoms with Crippen LogP contribution in [0.1, 0.15) is 12.5 Å². The molecule has 0 fully saturated rings. The highest BCUT2D eigenvalue weighted by atomic mass is 79.9. The number of fused-ring (bicyclic) bond motifs is 1. The van der Waals surface area contributed by atoms with Crippen LogP contribution in [0, 0.1) is 5.82 Å². The molecule has 0 radical (unpaired) electrons. The summed E-state index contributed by atoms with van der Waals surface area (Å²) in [4.78, 5) is 7.00. The quantitative estimate of drug-likeness (QED) is 0.530. The third kappa shape index (κ3) is 3.55. The van der Waals surface area contributed by atoms with Crippen molar-refractivity contribution in [2.24, 2.45) is 0 Å². The zero-order valence-electron chi connectivity index (χ0n) is 13.0. The summed E-state index contributed by atoms with van der Waals surface area (Å²) in [5.41, 5.74) is 2.76. The Morgan fingerprint density at radius 2 is 2.21 bits per heavy atom. The van der Waals surface area contributed by atoms with Crippen molar-refractivity contribution in [1.82, 2.24) is 9.97 Å². The van der Waals surface area contributed by atoms with Gasteiger partial charge in [0.2, 0.25) is 0 Å². The van der Waals surface area contributed by atoms with E-state index in [2.05, 4.69) is 31.2 Å². The molecule has 0 aliphatic rings. The Morgan fingerprint density at radius 3 is 2.96 bits per heavy atom. The number of anilines is 2. The van der Waals surface area contributed by atoms with Crippen LogP contribution in [0.3, 0.4) is 0 Å². The minimum atomic E-state index is -0.403. The van der Waals surface area contributed by atoms with Crippen LogP contribution in [0.15, 0.2) is 35.1 Å². The molecule has 0 saturated heterocycles. The second kappa shape index (κ2) is 7.51. The third-order valence-corrected chi connectivity index (χ3v) is 4.45. The van der Waals surface area contributed by atoms with E-state index in [1.54, 1.807) is 12.1 Å². The molecule has 0 atom stereocenters. The molecule has 24 heavy (non-hydrogen) atoms. The highest BCUT2D eigenvalue weighted by Crippen LogP contribution is 2.33. The Kier molecular flexibility index (Phi) is 5.38. The van der Waals surface area contributed by atoms with Crippen molar-refractivity contribution in [1.29, 1.82) is 0 Å². The van der Waals surface area contributed by atoms with Gasteiger partial charge in [-0.15, -0.1) is 0 Å². The summed E-state index contributed by atoms with van der Waals surface area (Å²) in [6.45, 7) is 3.06. The van der Waals surface area contributed by atoms with Gasteiger partial charge in [0.15, 0.2) is 5.82 Å². The summed E-state index contributed by atoms with van der Waals surface area (Å²) < 4.78 is 21.2. The van der Waals surface area contributed by atoms with Crippen molar-refractivity contribution in [3.63, 3.8) is 0 Å². The fraction of sp³-hybridized carbons (Fsp3) is 0.235.